The maximum absolute atomic E-state index is 12.4. The number of hydrogen-bond donors (Lipinski definition) is 2. The molecule has 1 aromatic heterocycles. The zero-order valence-corrected chi connectivity index (χ0v) is 13.9. The van der Waals surface area contributed by atoms with Crippen molar-refractivity contribution in [2.45, 2.75) is 26.3 Å². The second-order valence-corrected chi connectivity index (χ2v) is 5.74. The Labute approximate surface area is 136 Å². The van der Waals surface area contributed by atoms with Crippen LogP contribution in [-0.2, 0) is 4.79 Å². The fraction of sp³-hybridized carbons (Fsp3) is 0.500. The predicted octanol–water partition coefficient (Wildman–Crippen LogP) is 1.26. The molecule has 0 bridgehead atoms. The topological polar surface area (TPSA) is 84.7 Å². The molecule has 7 nitrogen and oxygen atoms in total. The normalized spacial score (nSPS) is 12.3. The number of carbonyl (C=O) groups is 1. The Kier molecular flexibility index (Phi) is 6.22. The SMILES string of the molecule is CNCCCNC(=O)C(C(C)C)n1nnc(-c2ccccc2)n1. The van der Waals surface area contributed by atoms with E-state index in [0.29, 0.717) is 12.4 Å². The highest BCUT2D eigenvalue weighted by Gasteiger charge is 2.26. The number of carbonyl (C=O) groups excluding carboxylic acids is 1. The summed E-state index contributed by atoms with van der Waals surface area (Å²) < 4.78 is 0. The summed E-state index contributed by atoms with van der Waals surface area (Å²) in [6.07, 6.45) is 0.882. The van der Waals surface area contributed by atoms with E-state index < -0.39 is 6.04 Å². The average Bonchev–Trinajstić information content (AvgIpc) is 3.02. The minimum Gasteiger partial charge on any atom is -0.354 e. The Hall–Kier alpha value is -2.28. The standard InChI is InChI=1S/C16H24N6O/c1-12(2)14(16(23)18-11-7-10-17-3)22-20-15(19-21-22)13-8-5-4-6-9-13/h4-6,8-9,12,14,17H,7,10-11H2,1-3H3,(H,18,23). The lowest BCUT2D eigenvalue weighted by Crippen LogP contribution is -2.37. The van der Waals surface area contributed by atoms with Crippen LogP contribution in [0.3, 0.4) is 0 Å². The molecule has 1 heterocycles. The summed E-state index contributed by atoms with van der Waals surface area (Å²) in [4.78, 5) is 13.9. The molecule has 0 spiro atoms. The molecule has 0 saturated carbocycles. The Morgan fingerprint density at radius 3 is 2.61 bits per heavy atom. The second kappa shape index (κ2) is 8.38. The third-order valence-electron chi connectivity index (χ3n) is 3.51. The third-order valence-corrected chi connectivity index (χ3v) is 3.51. The van der Waals surface area contributed by atoms with Gasteiger partial charge in [0.1, 0.15) is 0 Å². The van der Waals surface area contributed by atoms with Crippen molar-refractivity contribution in [3.8, 4) is 11.4 Å². The fourth-order valence-electron chi connectivity index (χ4n) is 2.30. The molecule has 1 atom stereocenters. The lowest BCUT2D eigenvalue weighted by molar-refractivity contribution is -0.126. The van der Waals surface area contributed by atoms with Gasteiger partial charge in [0.25, 0.3) is 0 Å². The summed E-state index contributed by atoms with van der Waals surface area (Å²) in [7, 11) is 1.89. The Morgan fingerprint density at radius 2 is 1.96 bits per heavy atom. The molecule has 2 aromatic rings. The molecule has 7 heteroatoms. The van der Waals surface area contributed by atoms with Crippen molar-refractivity contribution in [1.29, 1.82) is 0 Å². The number of aromatic nitrogens is 4. The Bertz CT molecular complexity index is 610. The van der Waals surface area contributed by atoms with Crippen molar-refractivity contribution in [2.24, 2.45) is 5.92 Å². The van der Waals surface area contributed by atoms with Crippen molar-refractivity contribution in [3.05, 3.63) is 30.3 Å². The molecule has 23 heavy (non-hydrogen) atoms. The van der Waals surface area contributed by atoms with Crippen LogP contribution in [-0.4, -0.2) is 46.3 Å². The zero-order valence-electron chi connectivity index (χ0n) is 13.9. The van der Waals surface area contributed by atoms with Crippen LogP contribution in [0.5, 0.6) is 0 Å². The predicted molar refractivity (Wildman–Crippen MR) is 88.7 cm³/mol. The number of tetrazole rings is 1. The van der Waals surface area contributed by atoms with Crippen molar-refractivity contribution < 1.29 is 4.79 Å². The molecule has 0 aliphatic carbocycles. The third kappa shape index (κ3) is 4.59. The smallest absolute Gasteiger partial charge is 0.247 e. The van der Waals surface area contributed by atoms with Crippen molar-refractivity contribution in [3.63, 3.8) is 0 Å². The molecule has 0 fully saturated rings. The van der Waals surface area contributed by atoms with Crippen molar-refractivity contribution in [1.82, 2.24) is 30.8 Å². The van der Waals surface area contributed by atoms with Crippen molar-refractivity contribution in [2.75, 3.05) is 20.1 Å². The van der Waals surface area contributed by atoms with Gasteiger partial charge in [0.15, 0.2) is 6.04 Å². The van der Waals surface area contributed by atoms with Gasteiger partial charge in [-0.15, -0.1) is 10.2 Å². The van der Waals surface area contributed by atoms with Crippen LogP contribution < -0.4 is 10.6 Å². The monoisotopic (exact) mass is 316 g/mol. The molecule has 0 aliphatic rings. The lowest BCUT2D eigenvalue weighted by Gasteiger charge is -2.18. The quantitative estimate of drug-likeness (QED) is 0.716. The molecule has 1 aromatic carbocycles. The van der Waals surface area contributed by atoms with Crippen molar-refractivity contribution >= 4 is 5.91 Å². The largest absolute Gasteiger partial charge is 0.354 e. The fourth-order valence-corrected chi connectivity index (χ4v) is 2.30. The van der Waals surface area contributed by atoms with E-state index >= 15 is 0 Å². The van der Waals surface area contributed by atoms with E-state index in [2.05, 4.69) is 26.0 Å². The first-order chi connectivity index (χ1) is 11.1. The maximum Gasteiger partial charge on any atom is 0.247 e. The van der Waals surface area contributed by atoms with E-state index in [0.717, 1.165) is 18.5 Å². The van der Waals surface area contributed by atoms with E-state index in [1.165, 1.54) is 4.80 Å². The molecule has 0 radical (unpaired) electrons. The summed E-state index contributed by atoms with van der Waals surface area (Å²) in [5.74, 6) is 0.518. The highest BCUT2D eigenvalue weighted by molar-refractivity contribution is 5.80. The zero-order chi connectivity index (χ0) is 16.7. The number of benzene rings is 1. The number of amides is 1. The molecule has 124 valence electrons. The summed E-state index contributed by atoms with van der Waals surface area (Å²) in [5.41, 5.74) is 0.885. The first kappa shape index (κ1) is 17.1. The summed E-state index contributed by atoms with van der Waals surface area (Å²) in [6.45, 7) is 5.45. The molecular formula is C16H24N6O. The molecule has 0 aliphatic heterocycles. The first-order valence-electron chi connectivity index (χ1n) is 7.90. The minimum atomic E-state index is -0.463. The van der Waals surface area contributed by atoms with Crippen LogP contribution in [0.2, 0.25) is 0 Å². The van der Waals surface area contributed by atoms with Crippen LogP contribution >= 0.6 is 0 Å². The first-order valence-corrected chi connectivity index (χ1v) is 7.90. The molecular weight excluding hydrogens is 292 g/mol. The summed E-state index contributed by atoms with van der Waals surface area (Å²) in [5, 5.41) is 18.5. The van der Waals surface area contributed by atoms with E-state index in [1.54, 1.807) is 0 Å². The van der Waals surface area contributed by atoms with Crippen LogP contribution in [0.25, 0.3) is 11.4 Å². The van der Waals surface area contributed by atoms with Gasteiger partial charge in [-0.25, -0.2) is 0 Å². The molecule has 1 unspecified atom stereocenters. The van der Waals surface area contributed by atoms with Crippen LogP contribution in [0.4, 0.5) is 0 Å². The van der Waals surface area contributed by atoms with Gasteiger partial charge in [0.05, 0.1) is 0 Å². The minimum absolute atomic E-state index is 0.0668. The molecule has 2 rings (SSSR count). The average molecular weight is 316 g/mol. The van der Waals surface area contributed by atoms with Gasteiger partial charge in [-0.05, 0) is 31.1 Å². The van der Waals surface area contributed by atoms with Gasteiger partial charge in [0, 0.05) is 12.1 Å². The van der Waals surface area contributed by atoms with Gasteiger partial charge in [-0.2, -0.15) is 4.80 Å². The van der Waals surface area contributed by atoms with E-state index in [-0.39, 0.29) is 11.8 Å². The van der Waals surface area contributed by atoms with Crippen LogP contribution in [0.15, 0.2) is 30.3 Å². The Morgan fingerprint density at radius 1 is 1.22 bits per heavy atom. The van der Waals surface area contributed by atoms with Gasteiger partial charge in [-0.3, -0.25) is 4.79 Å². The maximum atomic E-state index is 12.4. The molecule has 1 amide bonds. The molecule has 0 saturated heterocycles. The highest BCUT2D eigenvalue weighted by atomic mass is 16.2. The second-order valence-electron chi connectivity index (χ2n) is 5.74. The lowest BCUT2D eigenvalue weighted by atomic mass is 10.0. The summed E-state index contributed by atoms with van der Waals surface area (Å²) in [6, 6.07) is 9.15. The van der Waals surface area contributed by atoms with E-state index in [1.807, 2.05) is 51.2 Å². The van der Waals surface area contributed by atoms with E-state index in [9.17, 15) is 4.79 Å². The number of nitrogens with one attached hydrogen (secondary N) is 2. The summed E-state index contributed by atoms with van der Waals surface area (Å²) >= 11 is 0. The van der Waals surface area contributed by atoms with Crippen LogP contribution in [0, 0.1) is 5.92 Å². The highest BCUT2D eigenvalue weighted by Crippen LogP contribution is 2.18. The van der Waals surface area contributed by atoms with Gasteiger partial charge in [-0.1, -0.05) is 44.2 Å². The molecule has 2 N–H and O–H groups in total. The van der Waals surface area contributed by atoms with Gasteiger partial charge in [0.2, 0.25) is 11.7 Å². The van der Waals surface area contributed by atoms with Crippen LogP contribution in [0.1, 0.15) is 26.3 Å². The van der Waals surface area contributed by atoms with Gasteiger partial charge >= 0.3 is 0 Å². The Balaban J connectivity index is 2.09. The number of nitrogens with zero attached hydrogens (tertiary/aromatic N) is 4. The number of hydrogen-bond acceptors (Lipinski definition) is 5. The number of rotatable bonds is 8. The van der Waals surface area contributed by atoms with Gasteiger partial charge < -0.3 is 10.6 Å². The van der Waals surface area contributed by atoms with E-state index in [4.69, 9.17) is 0 Å².